The minimum Gasteiger partial charge on any atom is -0.493 e. The van der Waals surface area contributed by atoms with Crippen LogP contribution in [0.2, 0.25) is 0 Å². The third-order valence-corrected chi connectivity index (χ3v) is 8.90. The second kappa shape index (κ2) is 14.8. The Morgan fingerprint density at radius 1 is 0.959 bits per heavy atom. The molecule has 1 fully saturated rings. The molecule has 1 atom stereocenters. The van der Waals surface area contributed by atoms with Crippen LogP contribution in [0.15, 0.2) is 66.9 Å². The number of aliphatic hydroxyl groups is 1. The standard InChI is InChI=1S/C36H40F3N3O7/c1-40-34(45)25-10-11-27-28(21-42(29(27)19-25)20-23-7-5-4-6-8-23)35(46,36(37,38)39)22-41-15-13-26(14-16-41)49-33-30(47-2)17-24(9-12-32(43)44)18-31(33)48-3/h4-8,10-11,17-19,21,26,46H,9,12-16,20,22H2,1-3H3,(H,40,45)(H,43,44). The van der Waals surface area contributed by atoms with Crippen LogP contribution < -0.4 is 19.5 Å². The van der Waals surface area contributed by atoms with Gasteiger partial charge >= 0.3 is 12.1 Å². The zero-order valence-corrected chi connectivity index (χ0v) is 27.5. The van der Waals surface area contributed by atoms with Crippen molar-refractivity contribution in [2.75, 3.05) is 40.9 Å². The van der Waals surface area contributed by atoms with E-state index in [9.17, 15) is 27.9 Å². The molecule has 1 aromatic heterocycles. The second-order valence-corrected chi connectivity index (χ2v) is 12.1. The van der Waals surface area contributed by atoms with Crippen molar-refractivity contribution in [2.45, 2.75) is 50.1 Å². The number of ether oxygens (including phenoxy) is 3. The van der Waals surface area contributed by atoms with Gasteiger partial charge in [0.15, 0.2) is 11.5 Å². The van der Waals surface area contributed by atoms with Crippen LogP contribution in [-0.2, 0) is 23.4 Å². The first-order valence-corrected chi connectivity index (χ1v) is 15.9. The average Bonchev–Trinajstić information content (AvgIpc) is 3.45. The Bertz CT molecular complexity index is 1760. The van der Waals surface area contributed by atoms with E-state index in [0.29, 0.717) is 41.2 Å². The van der Waals surface area contributed by atoms with Gasteiger partial charge < -0.3 is 34.3 Å². The number of nitrogens with one attached hydrogen (secondary N) is 1. The molecule has 0 aliphatic carbocycles. The van der Waals surface area contributed by atoms with Crippen LogP contribution in [0.3, 0.4) is 0 Å². The van der Waals surface area contributed by atoms with Crippen molar-refractivity contribution < 1.29 is 47.2 Å². The summed E-state index contributed by atoms with van der Waals surface area (Å²) >= 11 is 0. The Morgan fingerprint density at radius 2 is 1.61 bits per heavy atom. The molecule has 49 heavy (non-hydrogen) atoms. The highest BCUT2D eigenvalue weighted by molar-refractivity contribution is 5.98. The van der Waals surface area contributed by atoms with Crippen molar-refractivity contribution in [1.82, 2.24) is 14.8 Å². The Morgan fingerprint density at radius 3 is 2.18 bits per heavy atom. The molecule has 1 saturated heterocycles. The Hall–Kier alpha value is -4.75. The number of carbonyl (C=O) groups excluding carboxylic acids is 1. The minimum absolute atomic E-state index is 0.0696. The number of carbonyl (C=O) groups is 2. The molecule has 4 aromatic rings. The van der Waals surface area contributed by atoms with Gasteiger partial charge in [-0.3, -0.25) is 14.5 Å². The van der Waals surface area contributed by atoms with Crippen LogP contribution in [0.1, 0.15) is 46.3 Å². The maximum atomic E-state index is 15.0. The molecule has 1 amide bonds. The van der Waals surface area contributed by atoms with Gasteiger partial charge in [-0.25, -0.2) is 0 Å². The number of aryl methyl sites for hydroxylation is 1. The van der Waals surface area contributed by atoms with E-state index >= 15 is 0 Å². The number of carboxylic acids is 1. The fraction of sp³-hybridized carbons (Fsp3) is 0.389. The third-order valence-electron chi connectivity index (χ3n) is 8.90. The number of aromatic nitrogens is 1. The molecule has 262 valence electrons. The van der Waals surface area contributed by atoms with Crippen molar-refractivity contribution in [3.8, 4) is 17.2 Å². The molecule has 1 aliphatic heterocycles. The summed E-state index contributed by atoms with van der Waals surface area (Å²) in [5.41, 5.74) is -1.28. The number of carboxylic acid groups (broad SMARTS) is 1. The lowest BCUT2D eigenvalue weighted by atomic mass is 9.90. The van der Waals surface area contributed by atoms with Crippen molar-refractivity contribution in [3.63, 3.8) is 0 Å². The van der Waals surface area contributed by atoms with Crippen LogP contribution in [0, 0.1) is 0 Å². The number of nitrogens with zero attached hydrogens (tertiary/aromatic N) is 2. The summed E-state index contributed by atoms with van der Waals surface area (Å²) < 4.78 is 63.9. The fourth-order valence-electron chi connectivity index (χ4n) is 6.27. The summed E-state index contributed by atoms with van der Waals surface area (Å²) in [6.07, 6.45) is -3.12. The summed E-state index contributed by atoms with van der Waals surface area (Å²) in [4.78, 5) is 25.1. The van der Waals surface area contributed by atoms with Gasteiger partial charge in [-0.1, -0.05) is 36.4 Å². The molecule has 3 N–H and O–H groups in total. The van der Waals surface area contributed by atoms with Crippen LogP contribution in [0.5, 0.6) is 17.2 Å². The van der Waals surface area contributed by atoms with Crippen molar-refractivity contribution in [3.05, 3.63) is 89.1 Å². The number of halogens is 3. The van der Waals surface area contributed by atoms with Gasteiger partial charge in [-0.2, -0.15) is 13.2 Å². The van der Waals surface area contributed by atoms with E-state index in [1.165, 1.54) is 39.6 Å². The molecule has 0 spiro atoms. The molecule has 10 nitrogen and oxygen atoms in total. The van der Waals surface area contributed by atoms with Gasteiger partial charge in [0.05, 0.1) is 14.2 Å². The van der Waals surface area contributed by atoms with Gasteiger partial charge in [0.25, 0.3) is 5.91 Å². The largest absolute Gasteiger partial charge is 0.493 e. The Balaban J connectivity index is 1.39. The van der Waals surface area contributed by atoms with Crippen LogP contribution in [-0.4, -0.2) is 84.7 Å². The quantitative estimate of drug-likeness (QED) is 0.172. The molecule has 0 bridgehead atoms. The van der Waals surface area contributed by atoms with Gasteiger partial charge in [0, 0.05) is 67.9 Å². The lowest BCUT2D eigenvalue weighted by Gasteiger charge is -2.39. The maximum Gasteiger partial charge on any atom is 0.422 e. The first-order valence-electron chi connectivity index (χ1n) is 15.9. The number of benzene rings is 3. The molecule has 1 aliphatic rings. The summed E-state index contributed by atoms with van der Waals surface area (Å²) in [5, 5.41) is 23.5. The molecule has 2 heterocycles. The SMILES string of the molecule is CNC(=O)c1ccc2c(C(O)(CN3CCC(Oc4c(OC)cc(CCC(=O)O)cc4OC)CC3)C(F)(F)F)cn(Cc3ccccc3)c2c1. The smallest absolute Gasteiger partial charge is 0.422 e. The van der Waals surface area contributed by atoms with E-state index in [4.69, 9.17) is 19.3 Å². The van der Waals surface area contributed by atoms with Gasteiger partial charge in [0.1, 0.15) is 6.10 Å². The highest BCUT2D eigenvalue weighted by Gasteiger charge is 2.57. The Labute approximate surface area is 282 Å². The van der Waals surface area contributed by atoms with Crippen molar-refractivity contribution in [1.29, 1.82) is 0 Å². The zero-order valence-electron chi connectivity index (χ0n) is 27.5. The monoisotopic (exact) mass is 683 g/mol. The number of amides is 1. The van der Waals surface area contributed by atoms with Crippen LogP contribution in [0.25, 0.3) is 10.9 Å². The lowest BCUT2D eigenvalue weighted by molar-refractivity contribution is -0.272. The van der Waals surface area contributed by atoms with Crippen molar-refractivity contribution >= 4 is 22.8 Å². The molecule has 13 heteroatoms. The lowest BCUT2D eigenvalue weighted by Crippen LogP contribution is -2.53. The molecular formula is C36H40F3N3O7. The molecule has 1 unspecified atom stereocenters. The summed E-state index contributed by atoms with van der Waals surface area (Å²) in [5.74, 6) is -0.260. The molecule has 3 aromatic carbocycles. The first-order chi connectivity index (χ1) is 23.4. The summed E-state index contributed by atoms with van der Waals surface area (Å²) in [7, 11) is 4.39. The number of alkyl halides is 3. The Kier molecular flexibility index (Phi) is 10.7. The van der Waals surface area contributed by atoms with Gasteiger partial charge in [-0.05, 0) is 54.7 Å². The molecule has 0 radical (unpaired) electrons. The van der Waals surface area contributed by atoms with E-state index in [1.807, 2.05) is 30.3 Å². The van der Waals surface area contributed by atoms with E-state index in [0.717, 1.165) is 5.56 Å². The van der Waals surface area contributed by atoms with Crippen molar-refractivity contribution in [2.24, 2.45) is 0 Å². The number of piperidine rings is 1. The number of hydrogen-bond acceptors (Lipinski definition) is 7. The van der Waals surface area contributed by atoms with E-state index in [2.05, 4.69) is 5.32 Å². The number of methoxy groups -OCH3 is 2. The minimum atomic E-state index is -5.02. The summed E-state index contributed by atoms with van der Waals surface area (Å²) in [6.45, 7) is -0.0316. The summed E-state index contributed by atoms with van der Waals surface area (Å²) in [6, 6.07) is 17.1. The number of β-amino-alcohol motifs (C(OH)–C–C–N with tert-alkyl or cyclic N) is 1. The van der Waals surface area contributed by atoms with Crippen LogP contribution >= 0.6 is 0 Å². The number of aliphatic carboxylic acids is 1. The first kappa shape index (κ1) is 35.6. The number of likely N-dealkylation sites (tertiary alicyclic amines) is 1. The van der Waals surface area contributed by atoms with E-state index < -0.39 is 24.3 Å². The predicted molar refractivity (Wildman–Crippen MR) is 176 cm³/mol. The fourth-order valence-corrected chi connectivity index (χ4v) is 6.27. The molecule has 0 saturated carbocycles. The predicted octanol–water partition coefficient (Wildman–Crippen LogP) is 5.38. The normalized spacial score (nSPS) is 15.5. The highest BCUT2D eigenvalue weighted by Crippen LogP contribution is 2.45. The zero-order chi connectivity index (χ0) is 35.3. The number of fused-ring (bicyclic) bond motifs is 1. The van der Waals surface area contributed by atoms with E-state index in [-0.39, 0.29) is 61.0 Å². The number of rotatable bonds is 13. The van der Waals surface area contributed by atoms with E-state index in [1.54, 1.807) is 27.7 Å². The average molecular weight is 684 g/mol. The van der Waals surface area contributed by atoms with Gasteiger partial charge in [0.2, 0.25) is 11.4 Å². The third kappa shape index (κ3) is 7.78. The van der Waals surface area contributed by atoms with Crippen LogP contribution in [0.4, 0.5) is 13.2 Å². The topological polar surface area (TPSA) is 122 Å². The second-order valence-electron chi connectivity index (χ2n) is 12.1. The number of hydrogen-bond donors (Lipinski definition) is 3. The van der Waals surface area contributed by atoms with Gasteiger partial charge in [-0.15, -0.1) is 0 Å². The molecule has 5 rings (SSSR count). The molecular weight excluding hydrogens is 643 g/mol. The maximum absolute atomic E-state index is 15.0. The highest BCUT2D eigenvalue weighted by atomic mass is 19.4.